The van der Waals surface area contributed by atoms with Gasteiger partial charge < -0.3 is 4.74 Å². The van der Waals surface area contributed by atoms with Gasteiger partial charge in [-0.25, -0.2) is 5.32 Å². The second-order valence-electron chi connectivity index (χ2n) is 5.02. The normalized spacial score (nSPS) is 20.3. The monoisotopic (exact) mass is 308 g/mol. The zero-order valence-electron chi connectivity index (χ0n) is 11.2. The first-order valence-electron chi connectivity index (χ1n) is 6.67. The Balaban J connectivity index is 1.95. The number of rotatable bonds is 4. The minimum Gasteiger partial charge on any atom is -0.426 e. The van der Waals surface area contributed by atoms with E-state index in [0.717, 1.165) is 43.5 Å². The van der Waals surface area contributed by atoms with Gasteiger partial charge in [0.1, 0.15) is 5.75 Å². The van der Waals surface area contributed by atoms with Crippen LogP contribution in [0.25, 0.3) is 0 Å². The highest BCUT2D eigenvalue weighted by Crippen LogP contribution is 2.37. The first-order valence-corrected chi connectivity index (χ1v) is 6.67. The highest BCUT2D eigenvalue weighted by molar-refractivity contribution is 5.28. The van der Waals surface area contributed by atoms with Crippen molar-refractivity contribution >= 4 is 0 Å². The Kier molecular flexibility index (Phi) is 4.70. The molecule has 1 aromatic carbocycles. The van der Waals surface area contributed by atoms with Crippen LogP contribution in [-0.4, -0.2) is 24.9 Å². The number of halogens is 5. The molecule has 2 nitrogen and oxygen atoms in total. The van der Waals surface area contributed by atoms with Crippen LogP contribution in [0.2, 0.25) is 0 Å². The number of benzene rings is 1. The molecule has 0 amide bonds. The van der Waals surface area contributed by atoms with Crippen LogP contribution in [0, 0.1) is 0 Å². The molecule has 0 aromatic heterocycles. The summed E-state index contributed by atoms with van der Waals surface area (Å²) in [6, 6.07) is 5.43. The summed E-state index contributed by atoms with van der Waals surface area (Å²) in [5.74, 6) is -0.512. The molecule has 0 bridgehead atoms. The molecule has 1 heterocycles. The van der Waals surface area contributed by atoms with E-state index >= 15 is 0 Å². The van der Waals surface area contributed by atoms with Crippen molar-refractivity contribution in [3.63, 3.8) is 0 Å². The van der Waals surface area contributed by atoms with E-state index in [4.69, 9.17) is 0 Å². The molecular weight excluding hydrogens is 293 g/mol. The molecule has 0 saturated carbocycles. The Morgan fingerprint density at radius 1 is 1.05 bits per heavy atom. The predicted molar refractivity (Wildman–Crippen MR) is 66.4 cm³/mol. The van der Waals surface area contributed by atoms with Crippen LogP contribution < -0.4 is 10.1 Å². The molecule has 7 heteroatoms. The van der Waals surface area contributed by atoms with Gasteiger partial charge in [0, 0.05) is 12.6 Å². The van der Waals surface area contributed by atoms with Crippen molar-refractivity contribution in [1.29, 1.82) is 0 Å². The number of hydrogen-bond donors (Lipinski definition) is 0. The number of hydrogen-bond acceptors (Lipinski definition) is 1. The summed E-state index contributed by atoms with van der Waals surface area (Å²) in [6.45, 7) is 0.823. The molecule has 1 aliphatic rings. The average Bonchev–Trinajstić information content (AvgIpc) is 2.41. The molecule has 117 valence electrons. The van der Waals surface area contributed by atoms with Crippen molar-refractivity contribution in [1.82, 2.24) is 5.32 Å². The predicted octanol–water partition coefficient (Wildman–Crippen LogP) is 3.92. The third-order valence-electron chi connectivity index (χ3n) is 3.30. The van der Waals surface area contributed by atoms with E-state index in [-0.39, 0.29) is 6.04 Å². The lowest BCUT2D eigenvalue weighted by atomic mass is 9.98. The fourth-order valence-corrected chi connectivity index (χ4v) is 2.20. The number of nitrogens with zero attached hydrogens (tertiary/aromatic N) is 1. The third-order valence-corrected chi connectivity index (χ3v) is 3.30. The van der Waals surface area contributed by atoms with E-state index in [0.29, 0.717) is 6.42 Å². The molecule has 0 spiro atoms. The first-order chi connectivity index (χ1) is 9.78. The van der Waals surface area contributed by atoms with Crippen molar-refractivity contribution in [2.45, 2.75) is 44.0 Å². The summed E-state index contributed by atoms with van der Waals surface area (Å²) in [5, 5.41) is 4.44. The second kappa shape index (κ2) is 6.17. The van der Waals surface area contributed by atoms with Gasteiger partial charge in [0.2, 0.25) is 0 Å². The molecule has 1 atom stereocenters. The molecule has 21 heavy (non-hydrogen) atoms. The van der Waals surface area contributed by atoms with Crippen molar-refractivity contribution in [3.05, 3.63) is 29.8 Å². The molecule has 1 aromatic rings. The Morgan fingerprint density at radius 3 is 2.24 bits per heavy atom. The molecule has 1 aliphatic heterocycles. The molecule has 0 aliphatic carbocycles. The van der Waals surface area contributed by atoms with Gasteiger partial charge in [-0.15, -0.1) is 0 Å². The highest BCUT2D eigenvalue weighted by atomic mass is 19.4. The van der Waals surface area contributed by atoms with Crippen molar-refractivity contribution < 1.29 is 26.7 Å². The van der Waals surface area contributed by atoms with Crippen molar-refractivity contribution in [2.24, 2.45) is 0 Å². The van der Waals surface area contributed by atoms with Gasteiger partial charge in [-0.2, -0.15) is 22.0 Å². The molecule has 1 saturated heterocycles. The van der Waals surface area contributed by atoms with Gasteiger partial charge in [-0.05, 0) is 37.0 Å². The Hall–Kier alpha value is -1.37. The fraction of sp³-hybridized carbons (Fsp3) is 0.571. The SMILES string of the molecule is FC(F)(F)C(F)(F)Oc1ccc(CC2CCCC[N]2)cc1. The lowest BCUT2D eigenvalue weighted by molar-refractivity contribution is -0.360. The standard InChI is InChI=1S/C14H15F5NO/c15-13(16,17)14(18,19)21-12-6-4-10(5-7-12)9-11-3-1-2-8-20-11/h4-7,11H,1-3,8-9H2. The Bertz CT molecular complexity index is 451. The maximum atomic E-state index is 12.7. The molecule has 1 radical (unpaired) electrons. The third kappa shape index (κ3) is 4.30. The summed E-state index contributed by atoms with van der Waals surface area (Å²) in [6.07, 6.45) is -7.09. The highest BCUT2D eigenvalue weighted by Gasteiger charge is 2.61. The van der Waals surface area contributed by atoms with Gasteiger partial charge in [0.25, 0.3) is 0 Å². The summed E-state index contributed by atoms with van der Waals surface area (Å²) in [7, 11) is 0. The van der Waals surface area contributed by atoms with Crippen LogP contribution in [-0.2, 0) is 6.42 Å². The van der Waals surface area contributed by atoms with E-state index in [9.17, 15) is 22.0 Å². The van der Waals surface area contributed by atoms with E-state index in [2.05, 4.69) is 10.1 Å². The number of alkyl halides is 5. The van der Waals surface area contributed by atoms with Gasteiger partial charge in [-0.1, -0.05) is 18.6 Å². The van der Waals surface area contributed by atoms with Gasteiger partial charge >= 0.3 is 12.3 Å². The van der Waals surface area contributed by atoms with Crippen LogP contribution >= 0.6 is 0 Å². The van der Waals surface area contributed by atoms with E-state index in [1.807, 2.05) is 0 Å². The number of ether oxygens (including phenoxy) is 1. The Morgan fingerprint density at radius 2 is 1.71 bits per heavy atom. The molecule has 1 unspecified atom stereocenters. The van der Waals surface area contributed by atoms with Gasteiger partial charge in [0.05, 0.1) is 0 Å². The van der Waals surface area contributed by atoms with Crippen LogP contribution in [0.15, 0.2) is 24.3 Å². The fourth-order valence-electron chi connectivity index (χ4n) is 2.20. The van der Waals surface area contributed by atoms with Crippen LogP contribution in [0.1, 0.15) is 24.8 Å². The van der Waals surface area contributed by atoms with E-state index in [1.54, 1.807) is 0 Å². The molecule has 2 rings (SSSR count). The average molecular weight is 308 g/mol. The summed E-state index contributed by atoms with van der Waals surface area (Å²) in [4.78, 5) is 0. The number of piperidine rings is 1. The quantitative estimate of drug-likeness (QED) is 0.773. The topological polar surface area (TPSA) is 23.3 Å². The van der Waals surface area contributed by atoms with Gasteiger partial charge in [-0.3, -0.25) is 0 Å². The maximum Gasteiger partial charge on any atom is 0.499 e. The summed E-state index contributed by atoms with van der Waals surface area (Å²) >= 11 is 0. The van der Waals surface area contributed by atoms with E-state index in [1.165, 1.54) is 12.1 Å². The second-order valence-corrected chi connectivity index (χ2v) is 5.02. The largest absolute Gasteiger partial charge is 0.499 e. The van der Waals surface area contributed by atoms with Crippen molar-refractivity contribution in [3.8, 4) is 5.75 Å². The van der Waals surface area contributed by atoms with Crippen LogP contribution in [0.5, 0.6) is 5.75 Å². The summed E-state index contributed by atoms with van der Waals surface area (Å²) < 4.78 is 65.2. The zero-order valence-corrected chi connectivity index (χ0v) is 11.2. The Labute approximate surface area is 119 Å². The lowest BCUT2D eigenvalue weighted by Crippen LogP contribution is -2.41. The molecular formula is C14H15F5NO. The first kappa shape index (κ1) is 16.0. The van der Waals surface area contributed by atoms with Crippen LogP contribution in [0.3, 0.4) is 0 Å². The minimum absolute atomic E-state index is 0.196. The van der Waals surface area contributed by atoms with Gasteiger partial charge in [0.15, 0.2) is 0 Å². The van der Waals surface area contributed by atoms with E-state index < -0.39 is 18.0 Å². The minimum atomic E-state index is -5.73. The zero-order chi connectivity index (χ0) is 15.5. The van der Waals surface area contributed by atoms with Crippen LogP contribution in [0.4, 0.5) is 22.0 Å². The maximum absolute atomic E-state index is 12.7. The van der Waals surface area contributed by atoms with Crippen molar-refractivity contribution in [2.75, 3.05) is 6.54 Å². The lowest BCUT2D eigenvalue weighted by Gasteiger charge is -2.22. The molecule has 0 N–H and O–H groups in total. The molecule has 1 fully saturated rings. The summed E-state index contributed by atoms with van der Waals surface area (Å²) in [5.41, 5.74) is 0.841. The smallest absolute Gasteiger partial charge is 0.426 e.